The summed E-state index contributed by atoms with van der Waals surface area (Å²) in [5, 5.41) is 5.29. The lowest BCUT2D eigenvalue weighted by Crippen LogP contribution is -2.30. The van der Waals surface area contributed by atoms with Crippen LogP contribution in [0.3, 0.4) is 0 Å². The van der Waals surface area contributed by atoms with Crippen LogP contribution in [0.15, 0.2) is 109 Å². The van der Waals surface area contributed by atoms with Gasteiger partial charge in [0.2, 0.25) is 5.69 Å². The first kappa shape index (κ1) is 43.6. The van der Waals surface area contributed by atoms with Crippen LogP contribution in [0.25, 0.3) is 25.7 Å². The third-order valence-electron chi connectivity index (χ3n) is 9.99. The molecule has 4 aromatic carbocycles. The molecule has 8 nitrogen and oxygen atoms in total. The molecule has 0 saturated carbocycles. The molecule has 0 spiro atoms. The molecule has 2 aliphatic rings. The fourth-order valence-corrected chi connectivity index (χ4v) is 9.24. The van der Waals surface area contributed by atoms with Gasteiger partial charge in [0.1, 0.15) is 6.54 Å². The molecule has 0 unspecified atom stereocenters. The number of halogens is 6. The number of ether oxygens (including phenoxy) is 1. The Bertz CT molecular complexity index is 2480. The predicted molar refractivity (Wildman–Crippen MR) is 213 cm³/mol. The quantitative estimate of drug-likeness (QED) is 0.0897. The third-order valence-corrected chi connectivity index (χ3v) is 12.7. The van der Waals surface area contributed by atoms with E-state index in [0.29, 0.717) is 6.61 Å². The van der Waals surface area contributed by atoms with Gasteiger partial charge >= 0.3 is 11.0 Å². The lowest BCUT2D eigenvalue weighted by Gasteiger charge is -2.26. The highest BCUT2D eigenvalue weighted by Gasteiger charge is 2.47. The molecule has 0 atom stereocenters. The lowest BCUT2D eigenvalue weighted by molar-refractivity contribution is -0.437. The van der Waals surface area contributed by atoms with Crippen LogP contribution in [-0.2, 0) is 35.6 Å². The fourth-order valence-electron chi connectivity index (χ4n) is 7.53. The minimum absolute atomic E-state index is 0.0821. The number of rotatable bonds is 10. The van der Waals surface area contributed by atoms with Crippen molar-refractivity contribution in [2.24, 2.45) is 0 Å². The van der Waals surface area contributed by atoms with E-state index in [1.807, 2.05) is 0 Å². The van der Waals surface area contributed by atoms with Crippen LogP contribution in [-0.4, -0.2) is 64.9 Å². The summed E-state index contributed by atoms with van der Waals surface area (Å²) in [6.07, 6.45) is 12.3. The second-order valence-electron chi connectivity index (χ2n) is 14.5. The normalized spacial score (nSPS) is 17.5. The van der Waals surface area contributed by atoms with Gasteiger partial charge in [-0.25, -0.2) is 16.8 Å². The average molecular weight is 836 g/mol. The monoisotopic (exact) mass is 835 g/mol. The smallest absolute Gasteiger partial charge is 0.421 e. The Balaban J connectivity index is 0.000000352. The summed E-state index contributed by atoms with van der Waals surface area (Å²) in [6, 6.07) is 26.6. The van der Waals surface area contributed by atoms with Crippen LogP contribution >= 0.6 is 0 Å². The third kappa shape index (κ3) is 8.41. The molecule has 6 rings (SSSR count). The molecule has 57 heavy (non-hydrogen) atoms. The summed E-state index contributed by atoms with van der Waals surface area (Å²) < 4.78 is 117. The van der Waals surface area contributed by atoms with Gasteiger partial charge in [-0.05, 0) is 59.2 Å². The molecular formula is C41H43F6N3O5S2. The number of sulfonamides is 2. The van der Waals surface area contributed by atoms with Gasteiger partial charge in [0, 0.05) is 54.6 Å². The zero-order valence-corrected chi connectivity index (χ0v) is 33.7. The highest BCUT2D eigenvalue weighted by Crippen LogP contribution is 2.51. The molecular weight excluding hydrogens is 793 g/mol. The maximum atomic E-state index is 11.4. The first-order valence-electron chi connectivity index (χ1n) is 17.9. The summed E-state index contributed by atoms with van der Waals surface area (Å²) in [7, 11) is -11.7. The van der Waals surface area contributed by atoms with Crippen molar-refractivity contribution in [3.05, 3.63) is 124 Å². The number of nitrogens with zero attached hydrogens (tertiary/aromatic N) is 3. The Morgan fingerprint density at radius 1 is 0.737 bits per heavy atom. The highest BCUT2D eigenvalue weighted by molar-refractivity contribution is 8.13. The van der Waals surface area contributed by atoms with Crippen molar-refractivity contribution in [3.8, 4) is 0 Å². The lowest BCUT2D eigenvalue weighted by atomic mass is 9.79. The van der Waals surface area contributed by atoms with Crippen molar-refractivity contribution >= 4 is 58.7 Å². The van der Waals surface area contributed by atoms with Crippen LogP contribution in [0.1, 0.15) is 52.2 Å². The maximum absolute atomic E-state index is 11.4. The maximum Gasteiger partial charge on any atom is 0.480 e. The van der Waals surface area contributed by atoms with Gasteiger partial charge < -0.3 is 13.8 Å². The molecule has 0 saturated heterocycles. The second-order valence-corrected chi connectivity index (χ2v) is 17.9. The number of allylic oxidation sites excluding steroid dienone is 6. The zero-order valence-electron chi connectivity index (χ0n) is 32.1. The van der Waals surface area contributed by atoms with Crippen molar-refractivity contribution < 1.29 is 52.5 Å². The number of hydrogen-bond donors (Lipinski definition) is 0. The molecule has 0 aromatic heterocycles. The molecule has 4 aromatic rings. The Kier molecular flexibility index (Phi) is 12.3. The molecule has 2 aliphatic heterocycles. The number of anilines is 1. The van der Waals surface area contributed by atoms with E-state index in [4.69, 9.17) is 4.74 Å². The number of methoxy groups -OCH3 is 1. The summed E-state index contributed by atoms with van der Waals surface area (Å²) in [5.74, 6) is 0. The molecule has 0 radical (unpaired) electrons. The number of fused-ring (bicyclic) bond motifs is 6. The summed E-state index contributed by atoms with van der Waals surface area (Å²) in [6.45, 7) is 14.2. The van der Waals surface area contributed by atoms with Gasteiger partial charge in [-0.15, -0.1) is 0 Å². The van der Waals surface area contributed by atoms with Crippen molar-refractivity contribution in [2.75, 3.05) is 31.7 Å². The van der Waals surface area contributed by atoms with E-state index in [9.17, 15) is 43.2 Å². The molecule has 0 fully saturated rings. The molecule has 0 bridgehead atoms. The van der Waals surface area contributed by atoms with Crippen LogP contribution in [0.5, 0.6) is 0 Å². The largest absolute Gasteiger partial charge is 0.480 e. The van der Waals surface area contributed by atoms with Crippen LogP contribution < -0.4 is 4.90 Å². The van der Waals surface area contributed by atoms with E-state index in [1.54, 1.807) is 7.11 Å². The standard InChI is InChI=1S/C39H43N2O.C2F6NO4S2/c1-7-25-40-32-23-21-28-15-11-13-17-30(28)36(32)38(2,3)34(40)19-9-8-10-20-35-39(4,5)37-31-18-14-12-16-29(31)22-24-33(37)41(35)26-27-42-6;3-1(4,5)14(10,11)9-15(12,13)2(6,7)8/h8-24H,7,25-27H2,1-6H3;/q+1;-1. The molecule has 306 valence electrons. The number of hydrogen-bond acceptors (Lipinski definition) is 6. The predicted octanol–water partition coefficient (Wildman–Crippen LogP) is 10.3. The summed E-state index contributed by atoms with van der Waals surface area (Å²) >= 11 is 0. The van der Waals surface area contributed by atoms with E-state index >= 15 is 0 Å². The Hall–Kier alpha value is -4.51. The topological polar surface area (TPSA) is 97.9 Å². The minimum Gasteiger partial charge on any atom is -0.421 e. The fraction of sp³-hybridized carbons (Fsp3) is 0.341. The average Bonchev–Trinajstić information content (AvgIpc) is 3.48. The Morgan fingerprint density at radius 2 is 1.28 bits per heavy atom. The van der Waals surface area contributed by atoms with Gasteiger partial charge in [0.15, 0.2) is 25.8 Å². The van der Waals surface area contributed by atoms with Crippen LogP contribution in [0.2, 0.25) is 0 Å². The van der Waals surface area contributed by atoms with Gasteiger partial charge in [0.05, 0.1) is 12.0 Å². The first-order chi connectivity index (χ1) is 26.5. The van der Waals surface area contributed by atoms with Crippen LogP contribution in [0.4, 0.5) is 37.7 Å². The Morgan fingerprint density at radius 3 is 1.82 bits per heavy atom. The van der Waals surface area contributed by atoms with E-state index in [-0.39, 0.29) is 10.8 Å². The molecule has 16 heteroatoms. The van der Waals surface area contributed by atoms with Crippen molar-refractivity contribution in [2.45, 2.75) is 62.9 Å². The van der Waals surface area contributed by atoms with E-state index in [1.165, 1.54) is 55.5 Å². The van der Waals surface area contributed by atoms with Gasteiger partial charge in [-0.3, -0.25) is 0 Å². The second kappa shape index (κ2) is 16.0. The Labute approximate surface area is 328 Å². The number of benzene rings is 4. The van der Waals surface area contributed by atoms with Crippen LogP contribution in [0, 0.1) is 0 Å². The van der Waals surface area contributed by atoms with Gasteiger partial charge in [-0.2, -0.15) is 30.9 Å². The molecule has 2 heterocycles. The van der Waals surface area contributed by atoms with E-state index in [2.05, 4.69) is 147 Å². The van der Waals surface area contributed by atoms with Crippen molar-refractivity contribution in [1.29, 1.82) is 0 Å². The molecule has 0 amide bonds. The van der Waals surface area contributed by atoms with E-state index < -0.39 is 31.1 Å². The van der Waals surface area contributed by atoms with E-state index in [0.717, 1.165) is 23.6 Å². The zero-order chi connectivity index (χ0) is 42.2. The van der Waals surface area contributed by atoms with Crippen molar-refractivity contribution in [3.63, 3.8) is 0 Å². The first-order valence-corrected chi connectivity index (χ1v) is 20.8. The molecule has 0 N–H and O–H groups in total. The number of alkyl halides is 6. The van der Waals surface area contributed by atoms with Crippen molar-refractivity contribution in [1.82, 2.24) is 0 Å². The highest BCUT2D eigenvalue weighted by atomic mass is 32.3. The van der Waals surface area contributed by atoms with Gasteiger partial charge in [-0.1, -0.05) is 93.6 Å². The summed E-state index contributed by atoms with van der Waals surface area (Å²) in [4.78, 5) is 2.44. The summed E-state index contributed by atoms with van der Waals surface area (Å²) in [5.41, 5.74) is -4.49. The minimum atomic E-state index is -6.72. The van der Waals surface area contributed by atoms with Gasteiger partial charge in [0.25, 0.3) is 0 Å². The SMILES string of the molecule is CCC[N+]1=C(C=CC=CC=C2N(CCOC)c3ccc4ccccc4c3C2(C)C)C(C)(C)c2c1ccc1ccccc21.O=S(=O)([N-]S(=O)(=O)C(F)(F)F)C(F)(F)F. The molecule has 0 aliphatic carbocycles.